The van der Waals surface area contributed by atoms with Crippen LogP contribution in [-0.4, -0.2) is 55.1 Å². The van der Waals surface area contributed by atoms with Gasteiger partial charge >= 0.3 is 5.97 Å². The van der Waals surface area contributed by atoms with Gasteiger partial charge < -0.3 is 15.2 Å². The number of sulfonamides is 1. The van der Waals surface area contributed by atoms with Crippen LogP contribution in [0.5, 0.6) is 5.75 Å². The van der Waals surface area contributed by atoms with Crippen molar-refractivity contribution in [2.24, 2.45) is 0 Å². The van der Waals surface area contributed by atoms with Gasteiger partial charge in [-0.25, -0.2) is 12.7 Å². The summed E-state index contributed by atoms with van der Waals surface area (Å²) in [7, 11) is -1.87. The molecule has 2 aliphatic carbocycles. The summed E-state index contributed by atoms with van der Waals surface area (Å²) in [5.41, 5.74) is 1.11. The number of hydrogen-bond acceptors (Lipinski definition) is 6. The smallest absolute Gasteiger partial charge is 0.308 e. The molecule has 2 N–H and O–H groups in total. The Hall–Kier alpha value is -2.26. The summed E-state index contributed by atoms with van der Waals surface area (Å²) in [5, 5.41) is 15.6. The first kappa shape index (κ1) is 23.5. The summed E-state index contributed by atoms with van der Waals surface area (Å²) < 4.78 is 33.7. The SMILES string of the molecule is CC(=O)Oc1cccc2c1C[C@H]1NCC[C@@]23C[C@H](N(C)S(=O)(=O)Cc2ccccc2)CC[C@@]13O. The number of nitrogens with zero attached hydrogens (tertiary/aromatic N) is 1. The van der Waals surface area contributed by atoms with Crippen molar-refractivity contribution in [3.8, 4) is 5.75 Å². The van der Waals surface area contributed by atoms with Gasteiger partial charge in [0.15, 0.2) is 0 Å². The molecule has 0 aromatic heterocycles. The van der Waals surface area contributed by atoms with Crippen LogP contribution in [-0.2, 0) is 32.4 Å². The van der Waals surface area contributed by atoms with Gasteiger partial charge in [0, 0.05) is 37.0 Å². The minimum absolute atomic E-state index is 0.0462. The zero-order valence-electron chi connectivity index (χ0n) is 19.7. The third-order valence-electron chi connectivity index (χ3n) is 8.25. The maximum Gasteiger partial charge on any atom is 0.308 e. The molecule has 4 atom stereocenters. The van der Waals surface area contributed by atoms with Crippen molar-refractivity contribution in [3.63, 3.8) is 0 Å². The number of piperidine rings is 1. The number of hydrogen-bond donors (Lipinski definition) is 2. The summed E-state index contributed by atoms with van der Waals surface area (Å²) in [5.74, 6) is 0.112. The fraction of sp³-hybridized carbons (Fsp3) is 0.500. The summed E-state index contributed by atoms with van der Waals surface area (Å²) in [6, 6.07) is 14.5. The average Bonchev–Trinajstić information content (AvgIpc) is 2.78. The van der Waals surface area contributed by atoms with Gasteiger partial charge in [-0.05, 0) is 55.8 Å². The van der Waals surface area contributed by atoms with E-state index >= 15 is 0 Å². The van der Waals surface area contributed by atoms with Crippen molar-refractivity contribution in [3.05, 3.63) is 65.2 Å². The Morgan fingerprint density at radius 2 is 1.94 bits per heavy atom. The van der Waals surface area contributed by atoms with E-state index in [1.165, 1.54) is 11.2 Å². The molecule has 182 valence electrons. The van der Waals surface area contributed by atoms with Crippen LogP contribution < -0.4 is 10.1 Å². The van der Waals surface area contributed by atoms with Crippen molar-refractivity contribution in [2.75, 3.05) is 13.6 Å². The molecule has 5 rings (SSSR count). The number of nitrogens with one attached hydrogen (secondary N) is 1. The summed E-state index contributed by atoms with van der Waals surface area (Å²) in [6.07, 6.45) is 2.91. The van der Waals surface area contributed by atoms with Crippen molar-refractivity contribution in [2.45, 2.75) is 67.9 Å². The normalized spacial score (nSPS) is 30.4. The lowest BCUT2D eigenvalue weighted by Crippen LogP contribution is -2.73. The molecule has 2 aromatic rings. The minimum Gasteiger partial charge on any atom is -0.426 e. The number of aliphatic hydroxyl groups is 1. The van der Waals surface area contributed by atoms with E-state index < -0.39 is 21.0 Å². The lowest BCUT2D eigenvalue weighted by atomic mass is 9.49. The summed E-state index contributed by atoms with van der Waals surface area (Å²) in [6.45, 7) is 2.14. The van der Waals surface area contributed by atoms with Crippen LogP contribution in [0.2, 0.25) is 0 Å². The number of fused-ring (bicyclic) bond motifs is 1. The van der Waals surface area contributed by atoms with Crippen LogP contribution in [0.4, 0.5) is 0 Å². The van der Waals surface area contributed by atoms with Gasteiger partial charge in [0.1, 0.15) is 5.75 Å². The van der Waals surface area contributed by atoms with Gasteiger partial charge in [-0.2, -0.15) is 0 Å². The van der Waals surface area contributed by atoms with Crippen LogP contribution >= 0.6 is 0 Å². The van der Waals surface area contributed by atoms with Crippen LogP contribution in [0, 0.1) is 0 Å². The number of esters is 1. The maximum atomic E-state index is 13.3. The molecule has 8 heteroatoms. The highest BCUT2D eigenvalue weighted by Crippen LogP contribution is 2.58. The zero-order valence-corrected chi connectivity index (χ0v) is 20.5. The van der Waals surface area contributed by atoms with Gasteiger partial charge in [0.2, 0.25) is 10.0 Å². The van der Waals surface area contributed by atoms with Crippen molar-refractivity contribution >= 4 is 16.0 Å². The van der Waals surface area contributed by atoms with E-state index in [0.29, 0.717) is 37.9 Å². The van der Waals surface area contributed by atoms with E-state index in [4.69, 9.17) is 4.74 Å². The average molecular weight is 485 g/mol. The second-order valence-corrected chi connectivity index (χ2v) is 12.0. The maximum absolute atomic E-state index is 13.3. The highest BCUT2D eigenvalue weighted by Gasteiger charge is 2.63. The molecule has 0 amide bonds. The fourth-order valence-electron chi connectivity index (χ4n) is 6.58. The quantitative estimate of drug-likeness (QED) is 0.500. The van der Waals surface area contributed by atoms with Crippen LogP contribution in [0.15, 0.2) is 48.5 Å². The van der Waals surface area contributed by atoms with Crippen LogP contribution in [0.3, 0.4) is 0 Å². The molecule has 0 radical (unpaired) electrons. The Balaban J connectivity index is 1.51. The Morgan fingerprint density at radius 3 is 2.68 bits per heavy atom. The molecule has 7 nitrogen and oxygen atoms in total. The fourth-order valence-corrected chi connectivity index (χ4v) is 8.04. The first-order valence-corrected chi connectivity index (χ1v) is 13.5. The Kier molecular flexibility index (Phi) is 5.83. The summed E-state index contributed by atoms with van der Waals surface area (Å²) in [4.78, 5) is 11.7. The summed E-state index contributed by atoms with van der Waals surface area (Å²) >= 11 is 0. The van der Waals surface area contributed by atoms with Crippen LogP contribution in [0.1, 0.15) is 49.3 Å². The van der Waals surface area contributed by atoms with Crippen molar-refractivity contribution < 1.29 is 23.1 Å². The topological polar surface area (TPSA) is 95.9 Å². The highest BCUT2D eigenvalue weighted by atomic mass is 32.2. The van der Waals surface area contributed by atoms with E-state index in [9.17, 15) is 18.3 Å². The number of ether oxygens (including phenoxy) is 1. The van der Waals surface area contributed by atoms with E-state index in [0.717, 1.165) is 23.2 Å². The van der Waals surface area contributed by atoms with Crippen molar-refractivity contribution in [1.82, 2.24) is 9.62 Å². The minimum atomic E-state index is -3.54. The largest absolute Gasteiger partial charge is 0.426 e. The molecule has 3 aliphatic rings. The molecule has 1 aliphatic heterocycles. The van der Waals surface area contributed by atoms with Gasteiger partial charge in [-0.15, -0.1) is 0 Å². The lowest BCUT2D eigenvalue weighted by molar-refractivity contribution is -0.135. The molecule has 2 aromatic carbocycles. The molecule has 2 bridgehead atoms. The molecule has 1 saturated carbocycles. The van der Waals surface area contributed by atoms with Gasteiger partial charge in [-0.3, -0.25) is 4.79 Å². The molecular weight excluding hydrogens is 452 g/mol. The second-order valence-electron chi connectivity index (χ2n) is 10.00. The van der Waals surface area contributed by atoms with Crippen molar-refractivity contribution in [1.29, 1.82) is 0 Å². The van der Waals surface area contributed by atoms with Gasteiger partial charge in [0.25, 0.3) is 0 Å². The van der Waals surface area contributed by atoms with E-state index in [1.807, 2.05) is 42.5 Å². The number of benzene rings is 2. The zero-order chi connectivity index (χ0) is 24.1. The molecule has 2 fully saturated rings. The van der Waals surface area contributed by atoms with Gasteiger partial charge in [-0.1, -0.05) is 42.5 Å². The number of carbonyl (C=O) groups excluding carboxylic acids is 1. The Bertz CT molecular complexity index is 1200. The Morgan fingerprint density at radius 1 is 1.18 bits per heavy atom. The number of carbonyl (C=O) groups is 1. The molecule has 1 saturated heterocycles. The third kappa shape index (κ3) is 3.68. The van der Waals surface area contributed by atoms with E-state index in [-0.39, 0.29) is 23.8 Å². The predicted molar refractivity (Wildman–Crippen MR) is 129 cm³/mol. The van der Waals surface area contributed by atoms with E-state index in [2.05, 4.69) is 5.32 Å². The molecule has 34 heavy (non-hydrogen) atoms. The second kappa shape index (κ2) is 8.45. The molecule has 0 unspecified atom stereocenters. The highest BCUT2D eigenvalue weighted by molar-refractivity contribution is 7.88. The third-order valence-corrected chi connectivity index (χ3v) is 10.1. The molecular formula is C26H32N2O5S. The standard InChI is InChI=1S/C26H32N2O5S/c1-18(29)33-23-10-6-9-22-21(23)15-24-26(30)12-11-20(16-25(22,26)13-14-27-24)28(2)34(31,32)17-19-7-4-3-5-8-19/h3-10,20,24,27,30H,11-17H2,1-2H3/t20-,24-,25-,26-/m1/s1. The lowest BCUT2D eigenvalue weighted by Gasteiger charge is -2.62. The van der Waals surface area contributed by atoms with Gasteiger partial charge in [0.05, 0.1) is 11.4 Å². The predicted octanol–water partition coefficient (Wildman–Crippen LogP) is 2.51. The monoisotopic (exact) mass is 484 g/mol. The molecule has 1 heterocycles. The van der Waals surface area contributed by atoms with E-state index in [1.54, 1.807) is 13.1 Å². The first-order chi connectivity index (χ1) is 16.2. The molecule has 0 spiro atoms. The van der Waals surface area contributed by atoms with Crippen LogP contribution in [0.25, 0.3) is 0 Å². The Labute approximate surface area is 201 Å². The number of rotatable bonds is 5. The first-order valence-electron chi connectivity index (χ1n) is 11.9.